The molecule has 172 valence electrons. The quantitative estimate of drug-likeness (QED) is 0.368. The van der Waals surface area contributed by atoms with Crippen LogP contribution in [0.3, 0.4) is 0 Å². The summed E-state index contributed by atoms with van der Waals surface area (Å²) >= 11 is 0. The van der Waals surface area contributed by atoms with Crippen molar-refractivity contribution in [1.29, 1.82) is 0 Å². The fraction of sp³-hybridized carbons (Fsp3) is 0.190. The van der Waals surface area contributed by atoms with E-state index in [0.717, 1.165) is 0 Å². The van der Waals surface area contributed by atoms with Crippen LogP contribution in [0.4, 0.5) is 4.39 Å². The van der Waals surface area contributed by atoms with Gasteiger partial charge in [0.25, 0.3) is 0 Å². The van der Waals surface area contributed by atoms with Crippen molar-refractivity contribution in [2.45, 2.75) is 4.90 Å². The van der Waals surface area contributed by atoms with Gasteiger partial charge >= 0.3 is 0 Å². The van der Waals surface area contributed by atoms with Gasteiger partial charge in [0, 0.05) is 24.2 Å². The molecule has 0 aliphatic carbocycles. The van der Waals surface area contributed by atoms with Crippen LogP contribution in [0, 0.1) is 5.82 Å². The zero-order chi connectivity index (χ0) is 23.4. The minimum Gasteiger partial charge on any atom is -0.497 e. The van der Waals surface area contributed by atoms with Gasteiger partial charge < -0.3 is 14.2 Å². The molecule has 4 aromatic rings. The second-order valence-corrected chi connectivity index (χ2v) is 8.47. The number of nitrogens with zero attached hydrogens (tertiary/aromatic N) is 4. The van der Waals surface area contributed by atoms with Crippen molar-refractivity contribution in [3.63, 3.8) is 0 Å². The smallest absolute Gasteiger partial charge is 0.244 e. The van der Waals surface area contributed by atoms with Crippen molar-refractivity contribution in [3.05, 3.63) is 60.4 Å². The molecule has 2 heterocycles. The first-order valence-electron chi connectivity index (χ1n) is 9.74. The van der Waals surface area contributed by atoms with Crippen molar-refractivity contribution in [1.82, 2.24) is 24.5 Å². The average molecular weight is 473 g/mol. The van der Waals surface area contributed by atoms with E-state index in [1.54, 1.807) is 24.3 Å². The molecular weight excluding hydrogens is 453 g/mol. The van der Waals surface area contributed by atoms with Crippen molar-refractivity contribution in [2.24, 2.45) is 0 Å². The van der Waals surface area contributed by atoms with Gasteiger partial charge in [0.1, 0.15) is 28.8 Å². The Morgan fingerprint density at radius 2 is 1.79 bits per heavy atom. The molecule has 0 atom stereocenters. The van der Waals surface area contributed by atoms with Crippen molar-refractivity contribution >= 4 is 15.7 Å². The van der Waals surface area contributed by atoms with Gasteiger partial charge in [0.2, 0.25) is 15.9 Å². The van der Waals surface area contributed by atoms with Crippen molar-refractivity contribution in [3.8, 4) is 28.8 Å². The number of hydrogen-bond acceptors (Lipinski definition) is 8. The third kappa shape index (κ3) is 4.86. The van der Waals surface area contributed by atoms with Crippen LogP contribution in [0.15, 0.2) is 59.5 Å². The monoisotopic (exact) mass is 473 g/mol. The number of fused-ring (bicyclic) bond motifs is 1. The lowest BCUT2D eigenvalue weighted by Gasteiger charge is -2.12. The molecule has 12 heteroatoms. The van der Waals surface area contributed by atoms with E-state index in [0.29, 0.717) is 22.8 Å². The number of methoxy groups -OCH3 is 2. The third-order valence-corrected chi connectivity index (χ3v) is 6.15. The molecule has 0 fully saturated rings. The Morgan fingerprint density at radius 1 is 1.00 bits per heavy atom. The number of benzene rings is 2. The molecule has 2 aromatic heterocycles. The minimum absolute atomic E-state index is 0.00969. The van der Waals surface area contributed by atoms with Crippen molar-refractivity contribution in [2.75, 3.05) is 27.4 Å². The Kier molecular flexibility index (Phi) is 6.38. The number of sulfonamides is 1. The van der Waals surface area contributed by atoms with E-state index in [2.05, 4.69) is 20.0 Å². The summed E-state index contributed by atoms with van der Waals surface area (Å²) < 4.78 is 58.3. The molecule has 0 radical (unpaired) electrons. The highest BCUT2D eigenvalue weighted by Gasteiger charge is 2.20. The highest BCUT2D eigenvalue weighted by atomic mass is 32.2. The second kappa shape index (κ2) is 9.38. The van der Waals surface area contributed by atoms with Crippen LogP contribution in [0.5, 0.6) is 17.4 Å². The van der Waals surface area contributed by atoms with Gasteiger partial charge in [-0.05, 0) is 42.5 Å². The molecular formula is C21H20FN5O5S. The van der Waals surface area contributed by atoms with E-state index in [-0.39, 0.29) is 35.5 Å². The summed E-state index contributed by atoms with van der Waals surface area (Å²) in [6.07, 6.45) is 0. The molecule has 33 heavy (non-hydrogen) atoms. The van der Waals surface area contributed by atoms with Crippen LogP contribution in [0.25, 0.3) is 17.0 Å². The lowest BCUT2D eigenvalue weighted by Crippen LogP contribution is -2.28. The first-order chi connectivity index (χ1) is 15.9. The number of halogens is 1. The molecule has 1 N–H and O–H groups in total. The maximum atomic E-state index is 13.2. The largest absolute Gasteiger partial charge is 0.497 e. The van der Waals surface area contributed by atoms with Gasteiger partial charge in [-0.1, -0.05) is 0 Å². The molecule has 0 saturated carbocycles. The molecule has 0 unspecified atom stereocenters. The maximum Gasteiger partial charge on any atom is 0.244 e. The number of hydrogen-bond donors (Lipinski definition) is 1. The summed E-state index contributed by atoms with van der Waals surface area (Å²) in [6, 6.07) is 13.5. The van der Waals surface area contributed by atoms with Crippen LogP contribution in [0.2, 0.25) is 0 Å². The van der Waals surface area contributed by atoms with E-state index in [4.69, 9.17) is 14.2 Å². The van der Waals surface area contributed by atoms with Gasteiger partial charge in [-0.15, -0.1) is 15.3 Å². The van der Waals surface area contributed by atoms with Gasteiger partial charge in [0.15, 0.2) is 11.5 Å². The molecule has 4 rings (SSSR count). The van der Waals surface area contributed by atoms with Crippen LogP contribution >= 0.6 is 0 Å². The second-order valence-electron chi connectivity index (χ2n) is 6.74. The maximum absolute atomic E-state index is 13.2. The first kappa shape index (κ1) is 22.4. The Morgan fingerprint density at radius 3 is 2.52 bits per heavy atom. The Bertz CT molecular complexity index is 1380. The lowest BCUT2D eigenvalue weighted by molar-refractivity contribution is 0.305. The Hall–Kier alpha value is -3.77. The summed E-state index contributed by atoms with van der Waals surface area (Å²) in [6.45, 7) is 0.00838. The summed E-state index contributed by atoms with van der Waals surface area (Å²) in [5, 5.41) is 12.5. The van der Waals surface area contributed by atoms with Gasteiger partial charge in [0.05, 0.1) is 14.2 Å². The summed E-state index contributed by atoms with van der Waals surface area (Å²) in [4.78, 5) is -0.0150. The fourth-order valence-electron chi connectivity index (χ4n) is 3.03. The SMILES string of the molecule is COc1ccc(S(=O)(=O)NCCOc2ccc3nnc(-c4ccc(F)cc4)n3n2)c(OC)c1. The molecule has 0 bridgehead atoms. The topological polar surface area (TPSA) is 117 Å². The van der Waals surface area contributed by atoms with E-state index >= 15 is 0 Å². The summed E-state index contributed by atoms with van der Waals surface area (Å²) in [7, 11) is -0.984. The lowest BCUT2D eigenvalue weighted by atomic mass is 10.2. The standard InChI is InChI=1S/C21H20FN5O5S/c1-30-16-7-8-18(17(13-16)31-2)33(28,29)23-11-12-32-20-10-9-19-24-25-21(27(19)26-20)14-3-5-15(22)6-4-14/h3-10,13,23H,11-12H2,1-2H3. The summed E-state index contributed by atoms with van der Waals surface area (Å²) in [5.74, 6) is 0.939. The zero-order valence-corrected chi connectivity index (χ0v) is 18.5. The normalized spacial score (nSPS) is 11.5. The predicted octanol–water partition coefficient (Wildman–Crippen LogP) is 2.30. The molecule has 10 nitrogen and oxygen atoms in total. The third-order valence-electron chi connectivity index (χ3n) is 4.65. The van der Waals surface area contributed by atoms with E-state index < -0.39 is 10.0 Å². The summed E-state index contributed by atoms with van der Waals surface area (Å²) in [5.41, 5.74) is 1.11. The van der Waals surface area contributed by atoms with E-state index in [1.165, 1.54) is 49.1 Å². The molecule has 0 aliphatic rings. The van der Waals surface area contributed by atoms with Crippen LogP contribution in [0.1, 0.15) is 0 Å². The number of ether oxygens (including phenoxy) is 3. The van der Waals surface area contributed by atoms with E-state index in [1.807, 2.05) is 0 Å². The first-order valence-corrected chi connectivity index (χ1v) is 11.2. The van der Waals surface area contributed by atoms with Crippen LogP contribution in [-0.2, 0) is 10.0 Å². The molecule has 0 saturated heterocycles. The van der Waals surface area contributed by atoms with Crippen LogP contribution in [-0.4, -0.2) is 55.6 Å². The fourth-order valence-corrected chi connectivity index (χ4v) is 4.20. The Labute approximate surface area is 189 Å². The average Bonchev–Trinajstić information content (AvgIpc) is 3.25. The molecule has 0 spiro atoms. The number of nitrogens with one attached hydrogen (secondary N) is 1. The highest BCUT2D eigenvalue weighted by molar-refractivity contribution is 7.89. The van der Waals surface area contributed by atoms with Gasteiger partial charge in [-0.3, -0.25) is 0 Å². The predicted molar refractivity (Wildman–Crippen MR) is 116 cm³/mol. The minimum atomic E-state index is -3.84. The number of rotatable bonds is 9. The van der Waals surface area contributed by atoms with Crippen LogP contribution < -0.4 is 18.9 Å². The van der Waals surface area contributed by atoms with Gasteiger partial charge in [-0.25, -0.2) is 17.5 Å². The molecule has 2 aromatic carbocycles. The van der Waals surface area contributed by atoms with Gasteiger partial charge in [-0.2, -0.15) is 4.52 Å². The molecule has 0 aliphatic heterocycles. The van der Waals surface area contributed by atoms with Crippen molar-refractivity contribution < 1.29 is 27.0 Å². The number of aromatic nitrogens is 4. The van der Waals surface area contributed by atoms with E-state index in [9.17, 15) is 12.8 Å². The Balaban J connectivity index is 1.43. The zero-order valence-electron chi connectivity index (χ0n) is 17.7. The molecule has 0 amide bonds. The highest BCUT2D eigenvalue weighted by Crippen LogP contribution is 2.28.